The number of hydrogen-bond acceptors (Lipinski definition) is 4. The second-order valence-electron chi connectivity index (χ2n) is 8.00. The number of carbonyl (C=O) groups excluding carboxylic acids is 1. The van der Waals surface area contributed by atoms with Crippen molar-refractivity contribution >= 4 is 46.6 Å². The molecule has 170 valence electrons. The van der Waals surface area contributed by atoms with E-state index in [1.807, 2.05) is 0 Å². The monoisotopic (exact) mass is 501 g/mol. The first-order chi connectivity index (χ1) is 15.0. The van der Waals surface area contributed by atoms with Gasteiger partial charge in [-0.25, -0.2) is 0 Å². The number of hydrogen-bond donors (Lipinski definition) is 1. The van der Waals surface area contributed by atoms with E-state index in [1.54, 1.807) is 36.9 Å². The van der Waals surface area contributed by atoms with Crippen molar-refractivity contribution in [2.75, 3.05) is 18.6 Å². The Balaban J connectivity index is 1.66. The molecule has 0 radical (unpaired) electrons. The van der Waals surface area contributed by atoms with Gasteiger partial charge in [0, 0.05) is 46.6 Å². The first-order valence-corrected chi connectivity index (χ1v) is 11.8. The average molecular weight is 502 g/mol. The quantitative estimate of drug-likeness (QED) is 0.589. The van der Waals surface area contributed by atoms with Gasteiger partial charge in [-0.2, -0.15) is 30.0 Å². The van der Waals surface area contributed by atoms with E-state index in [1.165, 1.54) is 25.2 Å². The number of halogens is 5. The van der Waals surface area contributed by atoms with E-state index < -0.39 is 18.1 Å². The Labute approximate surface area is 198 Å². The maximum absolute atomic E-state index is 14.5. The summed E-state index contributed by atoms with van der Waals surface area (Å²) in [6, 6.07) is 9.08. The Hall–Kier alpha value is -1.90. The molecule has 10 heteroatoms. The van der Waals surface area contributed by atoms with Gasteiger partial charge in [-0.1, -0.05) is 29.3 Å². The SMILES string of the molecule is Cc1cc(C2=NN(C)C(c3cc(Cl)cc(Cl)c3)(C(F)(F)F)C2)ccc1C(=O)NC1CSC1. The number of benzene rings is 2. The van der Waals surface area contributed by atoms with Crippen molar-refractivity contribution in [2.24, 2.45) is 5.10 Å². The van der Waals surface area contributed by atoms with Crippen molar-refractivity contribution < 1.29 is 18.0 Å². The zero-order chi connectivity index (χ0) is 23.3. The van der Waals surface area contributed by atoms with Gasteiger partial charge in [-0.15, -0.1) is 0 Å². The van der Waals surface area contributed by atoms with Crippen molar-refractivity contribution in [1.82, 2.24) is 10.3 Å². The lowest BCUT2D eigenvalue weighted by molar-refractivity contribution is -0.227. The molecule has 2 aliphatic heterocycles. The number of amides is 1. The van der Waals surface area contributed by atoms with Gasteiger partial charge in [-0.3, -0.25) is 9.80 Å². The molecule has 2 aliphatic rings. The van der Waals surface area contributed by atoms with E-state index in [9.17, 15) is 18.0 Å². The molecule has 1 atom stereocenters. The zero-order valence-electron chi connectivity index (χ0n) is 17.3. The van der Waals surface area contributed by atoms with Crippen LogP contribution in [0.5, 0.6) is 0 Å². The van der Waals surface area contributed by atoms with Gasteiger partial charge < -0.3 is 5.32 Å². The fraction of sp³-hybridized carbons (Fsp3) is 0.364. The number of nitrogens with one attached hydrogen (secondary N) is 1. The highest BCUT2D eigenvalue weighted by Crippen LogP contribution is 2.50. The third-order valence-electron chi connectivity index (χ3n) is 5.83. The summed E-state index contributed by atoms with van der Waals surface area (Å²) < 4.78 is 43.4. The van der Waals surface area contributed by atoms with Gasteiger partial charge in [0.15, 0.2) is 5.54 Å². The molecule has 2 aromatic carbocycles. The lowest BCUT2D eigenvalue weighted by atomic mass is 9.83. The molecule has 1 N–H and O–H groups in total. The minimum absolute atomic E-state index is 0.0742. The number of hydrazone groups is 1. The van der Waals surface area contributed by atoms with Crippen LogP contribution in [0.1, 0.15) is 33.5 Å². The summed E-state index contributed by atoms with van der Waals surface area (Å²) in [5, 5.41) is 8.37. The van der Waals surface area contributed by atoms with E-state index in [2.05, 4.69) is 10.4 Å². The molecule has 2 heterocycles. The van der Waals surface area contributed by atoms with Crippen LogP contribution in [0.15, 0.2) is 41.5 Å². The van der Waals surface area contributed by atoms with Crippen molar-refractivity contribution in [3.63, 3.8) is 0 Å². The Bertz CT molecular complexity index is 1080. The minimum Gasteiger partial charge on any atom is -0.348 e. The van der Waals surface area contributed by atoms with Crippen LogP contribution in [-0.2, 0) is 5.54 Å². The summed E-state index contributed by atoms with van der Waals surface area (Å²) in [5.74, 6) is 1.60. The fourth-order valence-corrected chi connectivity index (χ4v) is 5.19. The van der Waals surface area contributed by atoms with Crippen LogP contribution in [0.2, 0.25) is 10.0 Å². The summed E-state index contributed by atoms with van der Waals surface area (Å²) in [4.78, 5) is 12.5. The summed E-state index contributed by atoms with van der Waals surface area (Å²) >= 11 is 13.8. The van der Waals surface area contributed by atoms with Gasteiger partial charge in [0.05, 0.1) is 5.71 Å². The molecule has 0 aromatic heterocycles. The number of alkyl halides is 3. The van der Waals surface area contributed by atoms with E-state index in [4.69, 9.17) is 23.2 Å². The van der Waals surface area contributed by atoms with Crippen molar-refractivity contribution in [3.05, 3.63) is 68.7 Å². The Morgan fingerprint density at radius 3 is 2.38 bits per heavy atom. The highest BCUT2D eigenvalue weighted by molar-refractivity contribution is 8.00. The van der Waals surface area contributed by atoms with Crippen LogP contribution in [0.4, 0.5) is 13.2 Å². The molecule has 2 aromatic rings. The topological polar surface area (TPSA) is 44.7 Å². The summed E-state index contributed by atoms with van der Waals surface area (Å²) in [6.07, 6.45) is -5.05. The number of rotatable bonds is 4. The molecule has 0 spiro atoms. The Morgan fingerprint density at radius 1 is 1.19 bits per heavy atom. The normalized spacial score (nSPS) is 21.3. The molecular weight excluding hydrogens is 482 g/mol. The molecule has 4 rings (SSSR count). The van der Waals surface area contributed by atoms with Gasteiger partial charge >= 0.3 is 6.18 Å². The highest BCUT2D eigenvalue weighted by atomic mass is 35.5. The molecule has 1 unspecified atom stereocenters. The van der Waals surface area contributed by atoms with E-state index in [0.29, 0.717) is 16.7 Å². The molecule has 32 heavy (non-hydrogen) atoms. The Kier molecular flexibility index (Phi) is 6.15. The predicted octanol–water partition coefficient (Wildman–Crippen LogP) is 5.64. The Morgan fingerprint density at radius 2 is 1.84 bits per heavy atom. The zero-order valence-corrected chi connectivity index (χ0v) is 19.6. The number of nitrogens with zero attached hydrogens (tertiary/aromatic N) is 2. The van der Waals surface area contributed by atoms with Crippen molar-refractivity contribution in [1.29, 1.82) is 0 Å². The molecular formula is C22H20Cl2F3N3OS. The maximum atomic E-state index is 14.5. The van der Waals surface area contributed by atoms with Crippen LogP contribution >= 0.6 is 35.0 Å². The van der Waals surface area contributed by atoms with Gasteiger partial charge in [0.2, 0.25) is 0 Å². The second-order valence-corrected chi connectivity index (χ2v) is 9.95. The first kappa shape index (κ1) is 23.3. The lowest BCUT2D eigenvalue weighted by Gasteiger charge is -2.37. The van der Waals surface area contributed by atoms with Crippen molar-refractivity contribution in [2.45, 2.75) is 31.1 Å². The standard InChI is InChI=1S/C22H20Cl2F3N3OS/c1-12-5-13(3-4-18(12)20(31)28-17-10-32-11-17)19-9-21(22(25,26)27,30(2)29-19)14-6-15(23)8-16(24)7-14/h3-8,17H,9-11H2,1-2H3,(H,28,31). The third-order valence-corrected chi connectivity index (χ3v) is 7.55. The number of carbonyl (C=O) groups is 1. The summed E-state index contributed by atoms with van der Waals surface area (Å²) in [6.45, 7) is 1.76. The average Bonchev–Trinajstić information content (AvgIpc) is 3.02. The number of thioether (sulfide) groups is 1. The van der Waals surface area contributed by atoms with Crippen LogP contribution in [0.3, 0.4) is 0 Å². The highest BCUT2D eigenvalue weighted by Gasteiger charge is 2.62. The van der Waals surface area contributed by atoms with Crippen molar-refractivity contribution in [3.8, 4) is 0 Å². The summed E-state index contributed by atoms with van der Waals surface area (Å²) in [5.41, 5.74) is -0.498. The maximum Gasteiger partial charge on any atom is 0.417 e. The molecule has 1 fully saturated rings. The van der Waals surface area contributed by atoms with Crippen LogP contribution in [0.25, 0.3) is 0 Å². The molecule has 4 nitrogen and oxygen atoms in total. The second kappa shape index (κ2) is 8.47. The molecule has 1 saturated heterocycles. The lowest BCUT2D eigenvalue weighted by Crippen LogP contribution is -2.50. The molecule has 0 bridgehead atoms. The van der Waals surface area contributed by atoms with Gasteiger partial charge in [0.25, 0.3) is 5.91 Å². The number of aryl methyl sites for hydroxylation is 1. The van der Waals surface area contributed by atoms with E-state index in [0.717, 1.165) is 16.5 Å². The van der Waals surface area contributed by atoms with E-state index >= 15 is 0 Å². The predicted molar refractivity (Wildman–Crippen MR) is 123 cm³/mol. The van der Waals surface area contributed by atoms with Crippen LogP contribution in [-0.4, -0.2) is 47.4 Å². The van der Waals surface area contributed by atoms with E-state index in [-0.39, 0.29) is 33.3 Å². The first-order valence-electron chi connectivity index (χ1n) is 9.85. The van der Waals surface area contributed by atoms with Crippen LogP contribution in [0, 0.1) is 6.92 Å². The fourth-order valence-electron chi connectivity index (χ4n) is 4.03. The minimum atomic E-state index is -4.64. The smallest absolute Gasteiger partial charge is 0.348 e. The van der Waals surface area contributed by atoms with Gasteiger partial charge in [0.1, 0.15) is 0 Å². The largest absolute Gasteiger partial charge is 0.417 e. The van der Waals surface area contributed by atoms with Gasteiger partial charge in [-0.05, 0) is 53.9 Å². The third kappa shape index (κ3) is 4.08. The molecule has 1 amide bonds. The summed E-state index contributed by atoms with van der Waals surface area (Å²) in [7, 11) is 1.29. The molecule has 0 aliphatic carbocycles. The molecule has 0 saturated carbocycles. The van der Waals surface area contributed by atoms with Crippen LogP contribution < -0.4 is 5.32 Å².